The van der Waals surface area contributed by atoms with Gasteiger partial charge in [0, 0.05) is 34.9 Å². The first kappa shape index (κ1) is 22.2. The van der Waals surface area contributed by atoms with E-state index < -0.39 is 23.1 Å². The summed E-state index contributed by atoms with van der Waals surface area (Å²) in [7, 11) is 5.46. The van der Waals surface area contributed by atoms with Crippen LogP contribution in [0, 0.1) is 0 Å². The van der Waals surface area contributed by atoms with Crippen molar-refractivity contribution in [2.75, 3.05) is 39.1 Å². The molecule has 2 amide bonds. The molecule has 166 valence electrons. The molecule has 1 spiro atoms. The van der Waals surface area contributed by atoms with Gasteiger partial charge in [-0.3, -0.25) is 14.4 Å². The van der Waals surface area contributed by atoms with Crippen LogP contribution in [0.5, 0.6) is 0 Å². The summed E-state index contributed by atoms with van der Waals surface area (Å²) in [5, 5.41) is 11.3. The zero-order chi connectivity index (χ0) is 23.2. The number of aliphatic hydroxyl groups excluding tert-OH is 1. The average molecular weight is 498 g/mol. The number of halogens is 1. The van der Waals surface area contributed by atoms with E-state index in [1.54, 1.807) is 55.6 Å². The predicted octanol–water partition coefficient (Wildman–Crippen LogP) is 2.95. The Morgan fingerprint density at radius 1 is 1.06 bits per heavy atom. The van der Waals surface area contributed by atoms with Crippen molar-refractivity contribution in [1.29, 1.82) is 0 Å². The molecule has 0 unspecified atom stereocenters. The summed E-state index contributed by atoms with van der Waals surface area (Å²) in [6, 6.07) is 13.8. The number of carbonyl (C=O) groups is 3. The fourth-order valence-corrected chi connectivity index (χ4v) is 4.83. The average Bonchev–Trinajstić information content (AvgIpc) is 3.13. The molecular formula is C24H24BrN3O4. The van der Waals surface area contributed by atoms with Gasteiger partial charge in [-0.05, 0) is 45.3 Å². The number of amides is 2. The minimum Gasteiger partial charge on any atom is -0.507 e. The van der Waals surface area contributed by atoms with Gasteiger partial charge in [-0.2, -0.15) is 0 Å². The first-order valence-electron chi connectivity index (χ1n) is 10.3. The van der Waals surface area contributed by atoms with Crippen molar-refractivity contribution in [3.8, 4) is 0 Å². The van der Waals surface area contributed by atoms with E-state index in [-0.39, 0.29) is 17.9 Å². The number of rotatable bonds is 5. The third-order valence-electron chi connectivity index (χ3n) is 6.04. The maximum atomic E-state index is 13.8. The molecule has 8 heteroatoms. The lowest BCUT2D eigenvalue weighted by Gasteiger charge is -2.34. The number of para-hydroxylation sites is 1. The normalized spacial score (nSPS) is 21.8. The van der Waals surface area contributed by atoms with Gasteiger partial charge in [0.1, 0.15) is 5.76 Å². The highest BCUT2D eigenvalue weighted by Gasteiger charge is 2.66. The highest BCUT2D eigenvalue weighted by atomic mass is 79.9. The molecule has 0 bridgehead atoms. The van der Waals surface area contributed by atoms with Crippen molar-refractivity contribution in [2.24, 2.45) is 0 Å². The smallest absolute Gasteiger partial charge is 0.296 e. The van der Waals surface area contributed by atoms with Crippen molar-refractivity contribution >= 4 is 45.0 Å². The Balaban J connectivity index is 1.98. The summed E-state index contributed by atoms with van der Waals surface area (Å²) < 4.78 is 0.801. The summed E-state index contributed by atoms with van der Waals surface area (Å²) >= 11 is 3.36. The number of hydrogen-bond donors (Lipinski definition) is 1. The van der Waals surface area contributed by atoms with Gasteiger partial charge in [-0.15, -0.1) is 0 Å². The van der Waals surface area contributed by atoms with Gasteiger partial charge in [0.25, 0.3) is 17.6 Å². The zero-order valence-corrected chi connectivity index (χ0v) is 19.7. The molecule has 2 aromatic rings. The van der Waals surface area contributed by atoms with Crippen molar-refractivity contribution in [3.05, 3.63) is 69.7 Å². The molecule has 2 aromatic carbocycles. The second-order valence-corrected chi connectivity index (χ2v) is 9.18. The second-order valence-electron chi connectivity index (χ2n) is 8.26. The van der Waals surface area contributed by atoms with E-state index in [9.17, 15) is 19.5 Å². The highest BCUT2D eigenvalue weighted by molar-refractivity contribution is 9.10. The molecule has 1 saturated heterocycles. The van der Waals surface area contributed by atoms with Crippen LogP contribution in [-0.4, -0.2) is 66.7 Å². The molecule has 2 aliphatic rings. The lowest BCUT2D eigenvalue weighted by molar-refractivity contribution is -0.143. The summed E-state index contributed by atoms with van der Waals surface area (Å²) in [5.74, 6) is -2.42. The Morgan fingerprint density at radius 2 is 1.72 bits per heavy atom. The monoisotopic (exact) mass is 497 g/mol. The standard InChI is InChI=1S/C24H24BrN3O4/c1-26(2)13-6-14-28-22(31)21(30)19(20(29)15-9-11-16(25)12-10-15)24(28)17-7-4-5-8-18(17)27(3)23(24)32/h4-5,7-12,29H,6,13-14H2,1-3H3/t24-/m0/s1. The molecular weight excluding hydrogens is 474 g/mol. The third-order valence-corrected chi connectivity index (χ3v) is 6.57. The quantitative estimate of drug-likeness (QED) is 0.390. The highest BCUT2D eigenvalue weighted by Crippen LogP contribution is 2.53. The third kappa shape index (κ3) is 3.17. The van der Waals surface area contributed by atoms with Gasteiger partial charge < -0.3 is 19.8 Å². The predicted molar refractivity (Wildman–Crippen MR) is 125 cm³/mol. The van der Waals surface area contributed by atoms with Gasteiger partial charge in [0.05, 0.1) is 5.57 Å². The Bertz CT molecular complexity index is 1140. The van der Waals surface area contributed by atoms with Crippen LogP contribution < -0.4 is 4.90 Å². The maximum Gasteiger partial charge on any atom is 0.296 e. The molecule has 0 aliphatic carbocycles. The number of aliphatic hydroxyl groups is 1. The van der Waals surface area contributed by atoms with Gasteiger partial charge in [-0.1, -0.05) is 46.3 Å². The number of carbonyl (C=O) groups excluding carboxylic acids is 3. The maximum absolute atomic E-state index is 13.8. The number of fused-ring (bicyclic) bond motifs is 2. The lowest BCUT2D eigenvalue weighted by atomic mass is 9.82. The Labute approximate surface area is 195 Å². The van der Waals surface area contributed by atoms with Gasteiger partial charge >= 0.3 is 0 Å². The molecule has 2 heterocycles. The van der Waals surface area contributed by atoms with Crippen molar-refractivity contribution < 1.29 is 19.5 Å². The van der Waals surface area contributed by atoms with Crippen molar-refractivity contribution in [2.45, 2.75) is 12.0 Å². The van der Waals surface area contributed by atoms with Crippen LogP contribution in [0.1, 0.15) is 17.5 Å². The Kier molecular flexibility index (Phi) is 5.68. The van der Waals surface area contributed by atoms with Crippen molar-refractivity contribution in [3.63, 3.8) is 0 Å². The molecule has 0 aromatic heterocycles. The molecule has 1 N–H and O–H groups in total. The van der Waals surface area contributed by atoms with Gasteiger partial charge in [0.2, 0.25) is 0 Å². The molecule has 1 atom stereocenters. The lowest BCUT2D eigenvalue weighted by Crippen LogP contribution is -2.51. The van der Waals surface area contributed by atoms with Crippen LogP contribution in [0.2, 0.25) is 0 Å². The van der Waals surface area contributed by atoms with E-state index >= 15 is 0 Å². The number of benzene rings is 2. The Morgan fingerprint density at radius 3 is 2.38 bits per heavy atom. The number of likely N-dealkylation sites (tertiary alicyclic amines) is 1. The van der Waals surface area contributed by atoms with Crippen LogP contribution in [0.4, 0.5) is 5.69 Å². The van der Waals surface area contributed by atoms with Gasteiger partial charge in [-0.25, -0.2) is 0 Å². The van der Waals surface area contributed by atoms with Crippen LogP contribution in [0.3, 0.4) is 0 Å². The van der Waals surface area contributed by atoms with E-state index in [0.29, 0.717) is 29.8 Å². The second kappa shape index (κ2) is 8.18. The van der Waals surface area contributed by atoms with Gasteiger partial charge in [0.15, 0.2) is 5.54 Å². The van der Waals surface area contributed by atoms with Crippen molar-refractivity contribution in [1.82, 2.24) is 9.80 Å². The summed E-state index contributed by atoms with van der Waals surface area (Å²) in [6.45, 7) is 0.880. The van der Waals surface area contributed by atoms with E-state index in [2.05, 4.69) is 15.9 Å². The van der Waals surface area contributed by atoms with E-state index in [1.165, 1.54) is 9.80 Å². The molecule has 1 fully saturated rings. The molecule has 32 heavy (non-hydrogen) atoms. The summed E-state index contributed by atoms with van der Waals surface area (Å²) in [6.07, 6.45) is 0.569. The number of Topliss-reactive ketones (excluding diaryl/α,β-unsaturated/α-hetero) is 1. The van der Waals surface area contributed by atoms with Crippen LogP contribution >= 0.6 is 15.9 Å². The first-order chi connectivity index (χ1) is 15.2. The zero-order valence-electron chi connectivity index (χ0n) is 18.1. The topological polar surface area (TPSA) is 81.2 Å². The summed E-state index contributed by atoms with van der Waals surface area (Å²) in [5.41, 5.74) is -0.382. The van der Waals surface area contributed by atoms with E-state index in [1.807, 2.05) is 19.0 Å². The minimum atomic E-state index is -1.69. The largest absolute Gasteiger partial charge is 0.507 e. The number of anilines is 1. The van der Waals surface area contributed by atoms with Crippen LogP contribution in [-0.2, 0) is 19.9 Å². The number of likely N-dealkylation sites (N-methyl/N-ethyl adjacent to an activating group) is 1. The SMILES string of the molecule is CN(C)CCCN1C(=O)C(=O)C(=C(O)c2ccc(Br)cc2)[C@@]12C(=O)N(C)c1ccccc12. The summed E-state index contributed by atoms with van der Waals surface area (Å²) in [4.78, 5) is 45.1. The molecule has 2 aliphatic heterocycles. The molecule has 7 nitrogen and oxygen atoms in total. The van der Waals surface area contributed by atoms with Crippen LogP contribution in [0.15, 0.2) is 58.6 Å². The minimum absolute atomic E-state index is 0.184. The number of nitrogens with zero attached hydrogens (tertiary/aromatic N) is 3. The Hall–Kier alpha value is -2.97. The number of ketones is 1. The first-order valence-corrected chi connectivity index (χ1v) is 11.1. The van der Waals surface area contributed by atoms with E-state index in [4.69, 9.17) is 0 Å². The van der Waals surface area contributed by atoms with E-state index in [0.717, 1.165) is 4.47 Å². The fraction of sp³-hybridized carbons (Fsp3) is 0.292. The van der Waals surface area contributed by atoms with Crippen LogP contribution in [0.25, 0.3) is 5.76 Å². The molecule has 4 rings (SSSR count). The number of hydrogen-bond acceptors (Lipinski definition) is 5. The molecule has 0 saturated carbocycles. The molecule has 0 radical (unpaired) electrons. The fourth-order valence-electron chi connectivity index (χ4n) is 4.57.